The third-order valence-corrected chi connectivity index (χ3v) is 3.90. The molecule has 0 spiro atoms. The molecule has 1 fully saturated rings. The van der Waals surface area contributed by atoms with Crippen LogP contribution in [0.25, 0.3) is 0 Å². The average Bonchev–Trinajstić information content (AvgIpc) is 3.30. The Morgan fingerprint density at radius 3 is 3.12 bits per heavy atom. The van der Waals surface area contributed by atoms with E-state index in [1.165, 1.54) is 6.33 Å². The minimum absolute atomic E-state index is 0.128. The predicted octanol–water partition coefficient (Wildman–Crippen LogP) is 1.66. The highest BCUT2D eigenvalue weighted by atomic mass is 16.5. The first-order valence-electron chi connectivity index (χ1n) is 8.27. The molecule has 128 valence electrons. The van der Waals surface area contributed by atoms with Crippen LogP contribution in [0.3, 0.4) is 0 Å². The Balaban J connectivity index is 1.48. The zero-order valence-corrected chi connectivity index (χ0v) is 13.6. The first-order valence-corrected chi connectivity index (χ1v) is 8.27. The standard InChI is InChI=1S/C17H22N4O3/c22-17(19-8-4-9-21-13-18-12-20-21)15-6-1-2-7-16(15)24-11-14-5-3-10-23-14/h1-2,6-7,12-14H,3-5,8-11H2,(H,19,22). The van der Waals surface area contributed by atoms with Gasteiger partial charge >= 0.3 is 0 Å². The van der Waals surface area contributed by atoms with Gasteiger partial charge in [0.25, 0.3) is 5.91 Å². The van der Waals surface area contributed by atoms with E-state index in [1.54, 1.807) is 17.1 Å². The lowest BCUT2D eigenvalue weighted by atomic mass is 10.2. The fraction of sp³-hybridized carbons (Fsp3) is 0.471. The van der Waals surface area contributed by atoms with Gasteiger partial charge in [-0.05, 0) is 31.4 Å². The zero-order chi connectivity index (χ0) is 16.6. The Kier molecular flexibility index (Phi) is 5.79. The summed E-state index contributed by atoms with van der Waals surface area (Å²) in [6.07, 6.45) is 6.16. The van der Waals surface area contributed by atoms with Gasteiger partial charge in [0.05, 0.1) is 11.7 Å². The molecular weight excluding hydrogens is 308 g/mol. The van der Waals surface area contributed by atoms with E-state index in [0.717, 1.165) is 32.4 Å². The van der Waals surface area contributed by atoms with Crippen molar-refractivity contribution in [3.8, 4) is 5.75 Å². The number of para-hydroxylation sites is 1. The summed E-state index contributed by atoms with van der Waals surface area (Å²) in [6.45, 7) is 2.56. The molecule has 7 heteroatoms. The van der Waals surface area contributed by atoms with Crippen molar-refractivity contribution in [2.75, 3.05) is 19.8 Å². The molecule has 1 N–H and O–H groups in total. The third kappa shape index (κ3) is 4.55. The van der Waals surface area contributed by atoms with Crippen molar-refractivity contribution >= 4 is 5.91 Å². The lowest BCUT2D eigenvalue weighted by Crippen LogP contribution is -2.26. The number of carbonyl (C=O) groups excluding carboxylic acids is 1. The highest BCUT2D eigenvalue weighted by Crippen LogP contribution is 2.20. The van der Waals surface area contributed by atoms with Crippen LogP contribution < -0.4 is 10.1 Å². The number of nitrogens with one attached hydrogen (secondary N) is 1. The third-order valence-electron chi connectivity index (χ3n) is 3.90. The van der Waals surface area contributed by atoms with Gasteiger partial charge in [-0.15, -0.1) is 0 Å². The Hall–Kier alpha value is -2.41. The number of aryl methyl sites for hydroxylation is 1. The summed E-state index contributed by atoms with van der Waals surface area (Å²) in [6, 6.07) is 7.30. The summed E-state index contributed by atoms with van der Waals surface area (Å²) < 4.78 is 13.1. The summed E-state index contributed by atoms with van der Waals surface area (Å²) in [5, 5.41) is 6.95. The minimum Gasteiger partial charge on any atom is -0.490 e. The van der Waals surface area contributed by atoms with Gasteiger partial charge in [-0.3, -0.25) is 9.48 Å². The molecule has 2 aromatic rings. The number of hydrogen-bond donors (Lipinski definition) is 1. The lowest BCUT2D eigenvalue weighted by molar-refractivity contribution is 0.0670. The van der Waals surface area contributed by atoms with E-state index in [4.69, 9.17) is 9.47 Å². The summed E-state index contributed by atoms with van der Waals surface area (Å²) in [5.41, 5.74) is 0.552. The normalized spacial score (nSPS) is 16.9. The second-order valence-electron chi connectivity index (χ2n) is 5.71. The van der Waals surface area contributed by atoms with Gasteiger partial charge in [0.2, 0.25) is 0 Å². The maximum absolute atomic E-state index is 12.4. The van der Waals surface area contributed by atoms with E-state index in [1.807, 2.05) is 18.2 Å². The molecule has 1 saturated heterocycles. The second-order valence-corrected chi connectivity index (χ2v) is 5.71. The monoisotopic (exact) mass is 330 g/mol. The molecule has 1 aromatic heterocycles. The van der Waals surface area contributed by atoms with Crippen LogP contribution in [0.5, 0.6) is 5.75 Å². The minimum atomic E-state index is -0.128. The van der Waals surface area contributed by atoms with Crippen LogP contribution in [-0.2, 0) is 11.3 Å². The Bertz CT molecular complexity index is 639. The fourth-order valence-electron chi connectivity index (χ4n) is 2.62. The summed E-state index contributed by atoms with van der Waals surface area (Å²) >= 11 is 0. The summed E-state index contributed by atoms with van der Waals surface area (Å²) in [7, 11) is 0. The molecule has 1 unspecified atom stereocenters. The van der Waals surface area contributed by atoms with Crippen molar-refractivity contribution < 1.29 is 14.3 Å². The Labute approximate surface area is 141 Å². The van der Waals surface area contributed by atoms with Crippen molar-refractivity contribution in [1.82, 2.24) is 20.1 Å². The van der Waals surface area contributed by atoms with Gasteiger partial charge in [0.1, 0.15) is 25.0 Å². The lowest BCUT2D eigenvalue weighted by Gasteiger charge is -2.14. The zero-order valence-electron chi connectivity index (χ0n) is 13.6. The molecule has 0 aliphatic carbocycles. The molecule has 7 nitrogen and oxygen atoms in total. The smallest absolute Gasteiger partial charge is 0.255 e. The van der Waals surface area contributed by atoms with E-state index in [-0.39, 0.29) is 12.0 Å². The van der Waals surface area contributed by atoms with Gasteiger partial charge in [-0.2, -0.15) is 5.10 Å². The molecule has 0 saturated carbocycles. The summed E-state index contributed by atoms with van der Waals surface area (Å²) in [4.78, 5) is 16.3. The number of benzene rings is 1. The molecular formula is C17H22N4O3. The van der Waals surface area contributed by atoms with Gasteiger partial charge in [0, 0.05) is 19.7 Å². The largest absolute Gasteiger partial charge is 0.490 e. The van der Waals surface area contributed by atoms with Crippen LogP contribution in [0.2, 0.25) is 0 Å². The van der Waals surface area contributed by atoms with Crippen LogP contribution in [-0.4, -0.2) is 46.5 Å². The maximum atomic E-state index is 12.4. The van der Waals surface area contributed by atoms with Crippen LogP contribution in [0.4, 0.5) is 0 Å². The number of amides is 1. The molecule has 2 heterocycles. The quantitative estimate of drug-likeness (QED) is 0.745. The molecule has 1 aromatic carbocycles. The molecule has 1 atom stereocenters. The van der Waals surface area contributed by atoms with Gasteiger partial charge in [0.15, 0.2) is 0 Å². The topological polar surface area (TPSA) is 78.3 Å². The number of ether oxygens (including phenoxy) is 2. The summed E-state index contributed by atoms with van der Waals surface area (Å²) in [5.74, 6) is 0.471. The van der Waals surface area contributed by atoms with Crippen LogP contribution >= 0.6 is 0 Å². The SMILES string of the molecule is O=C(NCCCn1cncn1)c1ccccc1OCC1CCCO1. The Morgan fingerprint density at radius 1 is 1.42 bits per heavy atom. The number of rotatable bonds is 8. The average molecular weight is 330 g/mol. The molecule has 3 rings (SSSR count). The first kappa shape index (κ1) is 16.4. The van der Waals surface area contributed by atoms with Crippen LogP contribution in [0.1, 0.15) is 29.6 Å². The fourth-order valence-corrected chi connectivity index (χ4v) is 2.62. The van der Waals surface area contributed by atoms with Crippen molar-refractivity contribution in [3.05, 3.63) is 42.5 Å². The number of aromatic nitrogens is 3. The van der Waals surface area contributed by atoms with E-state index in [2.05, 4.69) is 15.4 Å². The molecule has 0 bridgehead atoms. The second kappa shape index (κ2) is 8.44. The van der Waals surface area contributed by atoms with E-state index >= 15 is 0 Å². The van der Waals surface area contributed by atoms with Gasteiger partial charge < -0.3 is 14.8 Å². The number of carbonyl (C=O) groups is 1. The molecule has 1 aliphatic rings. The molecule has 24 heavy (non-hydrogen) atoms. The highest BCUT2D eigenvalue weighted by Gasteiger charge is 2.18. The Morgan fingerprint density at radius 2 is 2.33 bits per heavy atom. The van der Waals surface area contributed by atoms with Crippen molar-refractivity contribution in [1.29, 1.82) is 0 Å². The van der Waals surface area contributed by atoms with E-state index < -0.39 is 0 Å². The molecule has 1 aliphatic heterocycles. The number of nitrogens with zero attached hydrogens (tertiary/aromatic N) is 3. The predicted molar refractivity (Wildman–Crippen MR) is 87.9 cm³/mol. The van der Waals surface area contributed by atoms with E-state index in [9.17, 15) is 4.79 Å². The molecule has 0 radical (unpaired) electrons. The first-order chi connectivity index (χ1) is 11.8. The van der Waals surface area contributed by atoms with Crippen LogP contribution in [0, 0.1) is 0 Å². The van der Waals surface area contributed by atoms with Crippen molar-refractivity contribution in [2.24, 2.45) is 0 Å². The van der Waals surface area contributed by atoms with Crippen molar-refractivity contribution in [2.45, 2.75) is 31.9 Å². The van der Waals surface area contributed by atoms with Gasteiger partial charge in [-0.1, -0.05) is 12.1 Å². The van der Waals surface area contributed by atoms with E-state index in [0.29, 0.717) is 24.5 Å². The highest BCUT2D eigenvalue weighted by molar-refractivity contribution is 5.96. The van der Waals surface area contributed by atoms with Gasteiger partial charge in [-0.25, -0.2) is 4.98 Å². The van der Waals surface area contributed by atoms with Crippen LogP contribution in [0.15, 0.2) is 36.9 Å². The van der Waals surface area contributed by atoms with Crippen molar-refractivity contribution in [3.63, 3.8) is 0 Å². The maximum Gasteiger partial charge on any atom is 0.255 e. The number of hydrogen-bond acceptors (Lipinski definition) is 5. The molecule has 1 amide bonds.